The van der Waals surface area contributed by atoms with E-state index in [9.17, 15) is 5.11 Å². The average Bonchev–Trinajstić information content (AvgIpc) is 2.43. The summed E-state index contributed by atoms with van der Waals surface area (Å²) in [5.74, 6) is 0.350. The minimum Gasteiger partial charge on any atom is -0.508 e. The molecule has 0 heterocycles. The molecule has 0 amide bonds. The SMILES string of the molecule is Cc1ccc(NC2CCCc3cc(O)ccc32)cc1Cl. The molecule has 3 rings (SSSR count). The molecule has 0 saturated carbocycles. The molecule has 0 spiro atoms. The van der Waals surface area contributed by atoms with E-state index >= 15 is 0 Å². The molecule has 0 bridgehead atoms. The molecule has 0 radical (unpaired) electrons. The Kier molecular flexibility index (Phi) is 3.58. The normalized spacial score (nSPS) is 17.6. The third kappa shape index (κ3) is 2.61. The van der Waals surface area contributed by atoms with Gasteiger partial charge in [-0.05, 0) is 67.1 Å². The number of hydrogen-bond acceptors (Lipinski definition) is 2. The van der Waals surface area contributed by atoms with Crippen LogP contribution in [-0.2, 0) is 6.42 Å². The summed E-state index contributed by atoms with van der Waals surface area (Å²) in [4.78, 5) is 0. The topological polar surface area (TPSA) is 32.3 Å². The van der Waals surface area contributed by atoms with Gasteiger partial charge in [-0.3, -0.25) is 0 Å². The number of fused-ring (bicyclic) bond motifs is 1. The number of rotatable bonds is 2. The van der Waals surface area contributed by atoms with Gasteiger partial charge in [-0.15, -0.1) is 0 Å². The number of aryl methyl sites for hydroxylation is 2. The van der Waals surface area contributed by atoms with Crippen LogP contribution in [0.25, 0.3) is 0 Å². The molecule has 1 aliphatic rings. The van der Waals surface area contributed by atoms with Gasteiger partial charge in [0.25, 0.3) is 0 Å². The lowest BCUT2D eigenvalue weighted by atomic mass is 9.87. The summed E-state index contributed by atoms with van der Waals surface area (Å²) in [6.07, 6.45) is 3.27. The second-order valence-corrected chi connectivity index (χ2v) is 5.84. The number of benzene rings is 2. The number of halogens is 1. The first-order valence-electron chi connectivity index (χ1n) is 6.98. The molecule has 2 nitrogen and oxygen atoms in total. The third-order valence-corrected chi connectivity index (χ3v) is 4.36. The maximum atomic E-state index is 9.59. The molecule has 2 N–H and O–H groups in total. The highest BCUT2D eigenvalue weighted by molar-refractivity contribution is 6.31. The van der Waals surface area contributed by atoms with Gasteiger partial charge in [-0.25, -0.2) is 0 Å². The van der Waals surface area contributed by atoms with Crippen molar-refractivity contribution in [1.29, 1.82) is 0 Å². The molecule has 0 fully saturated rings. The third-order valence-electron chi connectivity index (χ3n) is 3.95. The molecule has 3 heteroatoms. The zero-order valence-electron chi connectivity index (χ0n) is 11.5. The van der Waals surface area contributed by atoms with E-state index in [4.69, 9.17) is 11.6 Å². The van der Waals surface area contributed by atoms with Crippen LogP contribution in [0.2, 0.25) is 5.02 Å². The van der Waals surface area contributed by atoms with Gasteiger partial charge in [0.2, 0.25) is 0 Å². The van der Waals surface area contributed by atoms with Gasteiger partial charge < -0.3 is 10.4 Å². The van der Waals surface area contributed by atoms with E-state index in [-0.39, 0.29) is 6.04 Å². The summed E-state index contributed by atoms with van der Waals surface area (Å²) in [6.45, 7) is 2.00. The minimum absolute atomic E-state index is 0.290. The highest BCUT2D eigenvalue weighted by atomic mass is 35.5. The van der Waals surface area contributed by atoms with Crippen LogP contribution in [0.15, 0.2) is 36.4 Å². The van der Waals surface area contributed by atoms with Crippen LogP contribution >= 0.6 is 11.6 Å². The molecule has 1 aliphatic carbocycles. The smallest absolute Gasteiger partial charge is 0.115 e. The second-order valence-electron chi connectivity index (χ2n) is 5.44. The molecule has 1 atom stereocenters. The summed E-state index contributed by atoms with van der Waals surface area (Å²) in [5.41, 5.74) is 4.66. The molecule has 1 unspecified atom stereocenters. The molecule has 0 aromatic heterocycles. The van der Waals surface area contributed by atoms with Gasteiger partial charge in [0.05, 0.1) is 6.04 Å². The first-order valence-corrected chi connectivity index (χ1v) is 7.36. The van der Waals surface area contributed by atoms with Crippen LogP contribution < -0.4 is 5.32 Å². The van der Waals surface area contributed by atoms with Crippen molar-refractivity contribution in [2.24, 2.45) is 0 Å². The lowest BCUT2D eigenvalue weighted by Gasteiger charge is -2.27. The van der Waals surface area contributed by atoms with Crippen molar-refractivity contribution in [3.63, 3.8) is 0 Å². The van der Waals surface area contributed by atoms with Crippen molar-refractivity contribution in [2.45, 2.75) is 32.2 Å². The predicted octanol–water partition coefficient (Wildman–Crippen LogP) is 4.84. The Morgan fingerprint density at radius 2 is 2.05 bits per heavy atom. The van der Waals surface area contributed by atoms with Gasteiger partial charge in [0, 0.05) is 10.7 Å². The fourth-order valence-electron chi connectivity index (χ4n) is 2.83. The second kappa shape index (κ2) is 5.37. The van der Waals surface area contributed by atoms with Crippen LogP contribution in [0.4, 0.5) is 5.69 Å². The van der Waals surface area contributed by atoms with Crippen LogP contribution in [0, 0.1) is 6.92 Å². The Bertz CT molecular complexity index is 639. The van der Waals surface area contributed by atoms with Crippen LogP contribution in [0.5, 0.6) is 5.75 Å². The van der Waals surface area contributed by atoms with E-state index in [1.165, 1.54) is 11.1 Å². The fraction of sp³-hybridized carbons (Fsp3) is 0.294. The van der Waals surface area contributed by atoms with Crippen molar-refractivity contribution >= 4 is 17.3 Å². The Morgan fingerprint density at radius 1 is 1.20 bits per heavy atom. The lowest BCUT2D eigenvalue weighted by Crippen LogP contribution is -2.17. The van der Waals surface area contributed by atoms with Gasteiger partial charge in [-0.1, -0.05) is 23.7 Å². The minimum atomic E-state index is 0.290. The summed E-state index contributed by atoms with van der Waals surface area (Å²) < 4.78 is 0. The molecule has 0 aliphatic heterocycles. The van der Waals surface area contributed by atoms with E-state index in [0.717, 1.165) is 35.5 Å². The van der Waals surface area contributed by atoms with Crippen LogP contribution in [0.1, 0.15) is 35.6 Å². The maximum absolute atomic E-state index is 9.59. The van der Waals surface area contributed by atoms with Crippen LogP contribution in [0.3, 0.4) is 0 Å². The van der Waals surface area contributed by atoms with Crippen molar-refractivity contribution in [1.82, 2.24) is 0 Å². The van der Waals surface area contributed by atoms with E-state index < -0.39 is 0 Å². The number of aromatic hydroxyl groups is 1. The van der Waals surface area contributed by atoms with Gasteiger partial charge >= 0.3 is 0 Å². The standard InChI is InChI=1S/C17H18ClNO/c1-11-5-6-13(10-16(11)18)19-17-4-2-3-12-9-14(20)7-8-15(12)17/h5-10,17,19-20H,2-4H2,1H3. The van der Waals surface area contributed by atoms with E-state index in [0.29, 0.717) is 5.75 Å². The molecule has 2 aromatic rings. The Hall–Kier alpha value is -1.67. The number of nitrogens with one attached hydrogen (secondary N) is 1. The Morgan fingerprint density at radius 3 is 2.85 bits per heavy atom. The summed E-state index contributed by atoms with van der Waals surface area (Å²) in [5, 5.41) is 13.9. The first-order chi connectivity index (χ1) is 9.63. The molecule has 0 saturated heterocycles. The quantitative estimate of drug-likeness (QED) is 0.828. The number of hydrogen-bond donors (Lipinski definition) is 2. The lowest BCUT2D eigenvalue weighted by molar-refractivity contribution is 0.472. The average molecular weight is 288 g/mol. The van der Waals surface area contributed by atoms with Crippen LogP contribution in [-0.4, -0.2) is 5.11 Å². The van der Waals surface area contributed by atoms with Gasteiger partial charge in [-0.2, -0.15) is 0 Å². The fourth-order valence-corrected chi connectivity index (χ4v) is 3.02. The highest BCUT2D eigenvalue weighted by Crippen LogP contribution is 2.34. The van der Waals surface area contributed by atoms with Gasteiger partial charge in [0.15, 0.2) is 0 Å². The number of phenols is 1. The van der Waals surface area contributed by atoms with Crippen molar-refractivity contribution in [3.8, 4) is 5.75 Å². The summed E-state index contributed by atoms with van der Waals surface area (Å²) in [7, 11) is 0. The van der Waals surface area contributed by atoms with Crippen molar-refractivity contribution in [3.05, 3.63) is 58.1 Å². The first kappa shape index (κ1) is 13.3. The molecule has 2 aromatic carbocycles. The summed E-state index contributed by atoms with van der Waals surface area (Å²) in [6, 6.07) is 12.0. The largest absolute Gasteiger partial charge is 0.508 e. The van der Waals surface area contributed by atoms with E-state index in [2.05, 4.69) is 11.4 Å². The zero-order valence-corrected chi connectivity index (χ0v) is 12.2. The molecular weight excluding hydrogens is 270 g/mol. The summed E-state index contributed by atoms with van der Waals surface area (Å²) >= 11 is 6.18. The van der Waals surface area contributed by atoms with E-state index in [1.807, 2.05) is 31.2 Å². The monoisotopic (exact) mass is 287 g/mol. The molecule has 104 valence electrons. The number of phenolic OH excluding ortho intramolecular Hbond substituents is 1. The predicted molar refractivity (Wildman–Crippen MR) is 83.6 cm³/mol. The van der Waals surface area contributed by atoms with Gasteiger partial charge in [0.1, 0.15) is 5.75 Å². The molecular formula is C17H18ClNO. The van der Waals surface area contributed by atoms with Crippen molar-refractivity contribution < 1.29 is 5.11 Å². The number of anilines is 1. The zero-order chi connectivity index (χ0) is 14.1. The Labute approximate surface area is 124 Å². The maximum Gasteiger partial charge on any atom is 0.115 e. The Balaban J connectivity index is 1.87. The van der Waals surface area contributed by atoms with Crippen molar-refractivity contribution in [2.75, 3.05) is 5.32 Å². The van der Waals surface area contributed by atoms with E-state index in [1.54, 1.807) is 6.07 Å². The molecule has 20 heavy (non-hydrogen) atoms. The highest BCUT2D eigenvalue weighted by Gasteiger charge is 2.20.